The molecule has 0 saturated carbocycles. The van der Waals surface area contributed by atoms with Crippen molar-refractivity contribution in [3.8, 4) is 0 Å². The highest BCUT2D eigenvalue weighted by Crippen LogP contribution is 2.51. The summed E-state index contributed by atoms with van der Waals surface area (Å²) in [5, 5.41) is 4.35. The van der Waals surface area contributed by atoms with Gasteiger partial charge in [0.2, 0.25) is 0 Å². The van der Waals surface area contributed by atoms with E-state index >= 15 is 0 Å². The van der Waals surface area contributed by atoms with Gasteiger partial charge in [0.25, 0.3) is 0 Å². The van der Waals surface area contributed by atoms with Gasteiger partial charge in [0, 0.05) is 22.2 Å². The van der Waals surface area contributed by atoms with E-state index in [4.69, 9.17) is 11.6 Å². The highest BCUT2D eigenvalue weighted by atomic mass is 35.5. The number of benzene rings is 2. The maximum absolute atomic E-state index is 14.3. The van der Waals surface area contributed by atoms with E-state index in [1.807, 2.05) is 24.3 Å². The Bertz CT molecular complexity index is 768. The van der Waals surface area contributed by atoms with Crippen molar-refractivity contribution in [3.05, 3.63) is 76.1 Å². The number of hydrogen-bond acceptors (Lipinski definition) is 1. The zero-order valence-electron chi connectivity index (χ0n) is 12.3. The van der Waals surface area contributed by atoms with Gasteiger partial charge < -0.3 is 5.32 Å². The standard InChI is InChI=1S/C19H17ClFN/c1-11-9-12(20)10-16-13-6-4-7-14(13)19(22-18(11)16)15-5-2-3-8-17(15)21/h2-6,8-10,13-14,19,22H,7H2,1H3/t13-,14+,19+/m1/s1. The average Bonchev–Trinajstić information content (AvgIpc) is 2.97. The molecule has 1 N–H and O–H groups in total. The smallest absolute Gasteiger partial charge is 0.128 e. The highest BCUT2D eigenvalue weighted by molar-refractivity contribution is 6.30. The highest BCUT2D eigenvalue weighted by Gasteiger charge is 2.39. The summed E-state index contributed by atoms with van der Waals surface area (Å²) >= 11 is 6.24. The molecule has 1 nitrogen and oxygen atoms in total. The van der Waals surface area contributed by atoms with Crippen LogP contribution >= 0.6 is 11.6 Å². The zero-order valence-corrected chi connectivity index (χ0v) is 13.1. The maximum atomic E-state index is 14.3. The number of allylic oxidation sites excluding steroid dienone is 2. The summed E-state index contributed by atoms with van der Waals surface area (Å²) in [6.45, 7) is 2.05. The van der Waals surface area contributed by atoms with Gasteiger partial charge in [0.1, 0.15) is 5.82 Å². The molecule has 0 amide bonds. The van der Waals surface area contributed by atoms with Gasteiger partial charge in [0.15, 0.2) is 0 Å². The largest absolute Gasteiger partial charge is 0.377 e. The first-order valence-corrected chi connectivity index (χ1v) is 8.00. The lowest BCUT2D eigenvalue weighted by molar-refractivity contribution is 0.413. The zero-order chi connectivity index (χ0) is 15.3. The molecule has 0 unspecified atom stereocenters. The van der Waals surface area contributed by atoms with Crippen molar-refractivity contribution in [1.82, 2.24) is 0 Å². The van der Waals surface area contributed by atoms with Crippen LogP contribution in [0.5, 0.6) is 0 Å². The third-order valence-corrected chi connectivity index (χ3v) is 5.09. The number of fused-ring (bicyclic) bond motifs is 3. The summed E-state index contributed by atoms with van der Waals surface area (Å²) < 4.78 is 14.3. The van der Waals surface area contributed by atoms with Crippen LogP contribution in [0.15, 0.2) is 48.6 Å². The second-order valence-electron chi connectivity index (χ2n) is 6.18. The fourth-order valence-electron chi connectivity index (χ4n) is 3.88. The quantitative estimate of drug-likeness (QED) is 0.674. The second-order valence-corrected chi connectivity index (χ2v) is 6.62. The first-order valence-electron chi connectivity index (χ1n) is 7.63. The molecule has 1 aliphatic carbocycles. The molecule has 1 heterocycles. The van der Waals surface area contributed by atoms with Crippen LogP contribution in [0.2, 0.25) is 5.02 Å². The first-order chi connectivity index (χ1) is 10.6. The van der Waals surface area contributed by atoms with Gasteiger partial charge in [-0.2, -0.15) is 0 Å². The summed E-state index contributed by atoms with van der Waals surface area (Å²) in [5.74, 6) is 0.501. The van der Waals surface area contributed by atoms with Gasteiger partial charge in [-0.1, -0.05) is 42.0 Å². The normalized spacial score (nSPS) is 25.5. The predicted octanol–water partition coefficient (Wildman–Crippen LogP) is 5.61. The Morgan fingerprint density at radius 3 is 2.82 bits per heavy atom. The fraction of sp³-hybridized carbons (Fsp3) is 0.263. The third kappa shape index (κ3) is 2.05. The number of halogens is 2. The van der Waals surface area contributed by atoms with Crippen LogP contribution in [-0.2, 0) is 0 Å². The van der Waals surface area contributed by atoms with Crippen LogP contribution in [0, 0.1) is 18.7 Å². The van der Waals surface area contributed by atoms with E-state index in [1.165, 1.54) is 5.56 Å². The molecule has 0 radical (unpaired) electrons. The summed E-state index contributed by atoms with van der Waals surface area (Å²) in [7, 11) is 0. The van der Waals surface area contributed by atoms with Crippen LogP contribution in [0.4, 0.5) is 10.1 Å². The lowest BCUT2D eigenvalue weighted by Gasteiger charge is -2.38. The number of aryl methyl sites for hydroxylation is 1. The van der Waals surface area contributed by atoms with Crippen LogP contribution in [-0.4, -0.2) is 0 Å². The van der Waals surface area contributed by atoms with Crippen molar-refractivity contribution in [2.45, 2.75) is 25.3 Å². The topological polar surface area (TPSA) is 12.0 Å². The monoisotopic (exact) mass is 313 g/mol. The Balaban J connectivity index is 1.86. The molecule has 0 spiro atoms. The van der Waals surface area contributed by atoms with Gasteiger partial charge in [-0.25, -0.2) is 4.39 Å². The van der Waals surface area contributed by atoms with E-state index in [2.05, 4.69) is 24.4 Å². The lowest BCUT2D eigenvalue weighted by Crippen LogP contribution is -2.30. The maximum Gasteiger partial charge on any atom is 0.128 e. The Morgan fingerprint density at radius 2 is 2.00 bits per heavy atom. The molecule has 3 heteroatoms. The van der Waals surface area contributed by atoms with Crippen molar-refractivity contribution in [3.63, 3.8) is 0 Å². The Labute approximate surface area is 134 Å². The van der Waals surface area contributed by atoms with E-state index in [0.717, 1.165) is 28.3 Å². The third-order valence-electron chi connectivity index (χ3n) is 4.87. The molecule has 0 bridgehead atoms. The number of rotatable bonds is 1. The molecule has 4 rings (SSSR count). The van der Waals surface area contributed by atoms with Crippen LogP contribution in [0.3, 0.4) is 0 Å². The Hall–Kier alpha value is -1.80. The molecule has 112 valence electrons. The summed E-state index contributed by atoms with van der Waals surface area (Å²) in [5.41, 5.74) is 4.20. The van der Waals surface area contributed by atoms with E-state index in [-0.39, 0.29) is 11.9 Å². The molecular formula is C19H17ClFN. The van der Waals surface area contributed by atoms with Crippen molar-refractivity contribution in [2.24, 2.45) is 5.92 Å². The molecule has 0 fully saturated rings. The summed E-state index contributed by atoms with van der Waals surface area (Å²) in [4.78, 5) is 0. The fourth-order valence-corrected chi connectivity index (χ4v) is 4.16. The van der Waals surface area contributed by atoms with Crippen molar-refractivity contribution >= 4 is 17.3 Å². The first kappa shape index (κ1) is 13.8. The number of nitrogens with one attached hydrogen (secondary N) is 1. The van der Waals surface area contributed by atoms with Gasteiger partial charge in [-0.3, -0.25) is 0 Å². The second kappa shape index (κ2) is 5.13. The van der Waals surface area contributed by atoms with Crippen molar-refractivity contribution < 1.29 is 4.39 Å². The van der Waals surface area contributed by atoms with E-state index in [0.29, 0.717) is 11.8 Å². The molecular weight excluding hydrogens is 297 g/mol. The SMILES string of the molecule is Cc1cc(Cl)cc2c1N[C@H](c1ccccc1F)[C@H]1CC=C[C@@H]21. The molecule has 2 aromatic rings. The molecule has 22 heavy (non-hydrogen) atoms. The Morgan fingerprint density at radius 1 is 1.18 bits per heavy atom. The molecule has 1 aliphatic heterocycles. The average molecular weight is 314 g/mol. The van der Waals surface area contributed by atoms with Crippen LogP contribution in [0.1, 0.15) is 35.1 Å². The molecule has 0 aromatic heterocycles. The van der Waals surface area contributed by atoms with E-state index in [1.54, 1.807) is 12.1 Å². The van der Waals surface area contributed by atoms with Crippen LogP contribution < -0.4 is 5.32 Å². The minimum atomic E-state index is -0.138. The van der Waals surface area contributed by atoms with Crippen molar-refractivity contribution in [2.75, 3.05) is 5.32 Å². The molecule has 3 atom stereocenters. The molecule has 0 saturated heterocycles. The number of hydrogen-bond donors (Lipinski definition) is 1. The molecule has 2 aliphatic rings. The van der Waals surface area contributed by atoms with Gasteiger partial charge in [-0.15, -0.1) is 0 Å². The molecule has 2 aromatic carbocycles. The summed E-state index contributed by atoms with van der Waals surface area (Å²) in [6, 6.07) is 11.1. The van der Waals surface area contributed by atoms with E-state index < -0.39 is 0 Å². The van der Waals surface area contributed by atoms with Gasteiger partial charge >= 0.3 is 0 Å². The van der Waals surface area contributed by atoms with Crippen LogP contribution in [0.25, 0.3) is 0 Å². The van der Waals surface area contributed by atoms with Gasteiger partial charge in [0.05, 0.1) is 6.04 Å². The predicted molar refractivity (Wildman–Crippen MR) is 88.9 cm³/mol. The van der Waals surface area contributed by atoms with Crippen molar-refractivity contribution in [1.29, 1.82) is 0 Å². The minimum absolute atomic E-state index is 0.00595. The Kier molecular flexibility index (Phi) is 3.23. The lowest BCUT2D eigenvalue weighted by atomic mass is 9.76. The summed E-state index contributed by atoms with van der Waals surface area (Å²) in [6.07, 6.45) is 5.41. The van der Waals surface area contributed by atoms with E-state index in [9.17, 15) is 4.39 Å². The van der Waals surface area contributed by atoms with Gasteiger partial charge in [-0.05, 0) is 48.6 Å². The minimum Gasteiger partial charge on any atom is -0.377 e. The number of anilines is 1.